The van der Waals surface area contributed by atoms with E-state index < -0.39 is 0 Å². The van der Waals surface area contributed by atoms with Gasteiger partial charge in [0, 0.05) is 13.2 Å². The maximum Gasteiger partial charge on any atom is 0.0431 e. The van der Waals surface area contributed by atoms with Crippen molar-refractivity contribution in [1.29, 1.82) is 0 Å². The normalized spacial score (nSPS) is 7.27. The first-order valence-corrected chi connectivity index (χ1v) is 3.49. The van der Waals surface area contributed by atoms with Gasteiger partial charge in [-0.2, -0.15) is 0 Å². The summed E-state index contributed by atoms with van der Waals surface area (Å²) in [5, 5.41) is 16.2. The smallest absolute Gasteiger partial charge is 0.0431 e. The maximum absolute atomic E-state index is 8.09. The van der Waals surface area contributed by atoms with Crippen molar-refractivity contribution in [1.82, 2.24) is 0 Å². The Hall–Kier alpha value is -0.380. The minimum absolute atomic E-state index is 0. The van der Waals surface area contributed by atoms with Crippen molar-refractivity contribution in [2.75, 3.05) is 13.2 Å². The molecule has 0 radical (unpaired) electrons. The highest BCUT2D eigenvalue weighted by molar-refractivity contribution is 4.78. The zero-order valence-corrected chi connectivity index (χ0v) is 7.43. The van der Waals surface area contributed by atoms with E-state index in [1.54, 1.807) is 0 Å². The SMILES string of the molecule is C=C(C)C.O.OCCCCO. The van der Waals surface area contributed by atoms with E-state index in [9.17, 15) is 0 Å². The molecule has 0 saturated carbocycles. The maximum atomic E-state index is 8.09. The molecule has 0 fully saturated rings. The average molecular weight is 164 g/mol. The van der Waals surface area contributed by atoms with Gasteiger partial charge in [0.05, 0.1) is 0 Å². The highest BCUT2D eigenvalue weighted by Gasteiger charge is 1.77. The zero-order valence-electron chi connectivity index (χ0n) is 7.43. The summed E-state index contributed by atoms with van der Waals surface area (Å²) in [6.07, 6.45) is 1.44. The average Bonchev–Trinajstić information content (AvgIpc) is 1.82. The van der Waals surface area contributed by atoms with Crippen LogP contribution in [0.2, 0.25) is 0 Å². The summed E-state index contributed by atoms with van der Waals surface area (Å²) in [7, 11) is 0. The molecule has 0 aromatic rings. The summed E-state index contributed by atoms with van der Waals surface area (Å²) >= 11 is 0. The van der Waals surface area contributed by atoms with Crippen molar-refractivity contribution in [2.45, 2.75) is 26.7 Å². The van der Waals surface area contributed by atoms with E-state index >= 15 is 0 Å². The summed E-state index contributed by atoms with van der Waals surface area (Å²) in [5.74, 6) is 0. The van der Waals surface area contributed by atoms with Crippen LogP contribution in [0.25, 0.3) is 0 Å². The molecule has 4 N–H and O–H groups in total. The first-order chi connectivity index (χ1) is 4.65. The fourth-order valence-electron chi connectivity index (χ4n) is 0.224. The molecule has 0 heterocycles. The van der Waals surface area contributed by atoms with Gasteiger partial charge in [-0.1, -0.05) is 5.57 Å². The first-order valence-electron chi connectivity index (χ1n) is 3.49. The third-order valence-corrected chi connectivity index (χ3v) is 0.566. The molecule has 70 valence electrons. The molecule has 0 unspecified atom stereocenters. The highest BCUT2D eigenvalue weighted by atomic mass is 16.3. The van der Waals surface area contributed by atoms with Crippen LogP contribution in [-0.2, 0) is 0 Å². The number of aliphatic hydroxyl groups is 2. The lowest BCUT2D eigenvalue weighted by atomic mass is 10.3. The summed E-state index contributed by atoms with van der Waals surface area (Å²) in [6, 6.07) is 0. The monoisotopic (exact) mass is 164 g/mol. The topological polar surface area (TPSA) is 72.0 Å². The van der Waals surface area contributed by atoms with Crippen molar-refractivity contribution in [3.63, 3.8) is 0 Å². The van der Waals surface area contributed by atoms with Crippen molar-refractivity contribution < 1.29 is 15.7 Å². The fourth-order valence-corrected chi connectivity index (χ4v) is 0.224. The summed E-state index contributed by atoms with van der Waals surface area (Å²) in [6.45, 7) is 7.89. The predicted molar refractivity (Wildman–Crippen MR) is 47.5 cm³/mol. The minimum Gasteiger partial charge on any atom is -0.412 e. The van der Waals surface area contributed by atoms with Crippen LogP contribution < -0.4 is 0 Å². The molecule has 0 saturated heterocycles. The molecule has 0 aromatic heterocycles. The Labute approximate surface area is 68.7 Å². The van der Waals surface area contributed by atoms with Gasteiger partial charge in [0.25, 0.3) is 0 Å². The van der Waals surface area contributed by atoms with Gasteiger partial charge >= 0.3 is 0 Å². The number of allylic oxidation sites excluding steroid dienone is 1. The van der Waals surface area contributed by atoms with Crippen molar-refractivity contribution >= 4 is 0 Å². The van der Waals surface area contributed by atoms with Gasteiger partial charge in [0.2, 0.25) is 0 Å². The lowest BCUT2D eigenvalue weighted by molar-refractivity contribution is 0.242. The van der Waals surface area contributed by atoms with Crippen LogP contribution >= 0.6 is 0 Å². The van der Waals surface area contributed by atoms with Crippen LogP contribution in [0.4, 0.5) is 0 Å². The van der Waals surface area contributed by atoms with Gasteiger partial charge in [-0.25, -0.2) is 0 Å². The van der Waals surface area contributed by atoms with Gasteiger partial charge in [-0.05, 0) is 26.7 Å². The highest BCUT2D eigenvalue weighted by Crippen LogP contribution is 1.80. The molecule has 11 heavy (non-hydrogen) atoms. The standard InChI is InChI=1S/C4H10O2.C4H8.H2O/c5-3-1-2-4-6;1-4(2)3;/h5-6H,1-4H2;1H2,2-3H3;1H2. The van der Waals surface area contributed by atoms with Crippen molar-refractivity contribution in [3.8, 4) is 0 Å². The van der Waals surface area contributed by atoms with Gasteiger partial charge < -0.3 is 15.7 Å². The van der Waals surface area contributed by atoms with Crippen LogP contribution in [0.15, 0.2) is 12.2 Å². The van der Waals surface area contributed by atoms with E-state index in [-0.39, 0.29) is 18.7 Å². The summed E-state index contributed by atoms with van der Waals surface area (Å²) in [4.78, 5) is 0. The third kappa shape index (κ3) is 81.4. The van der Waals surface area contributed by atoms with Crippen molar-refractivity contribution in [3.05, 3.63) is 12.2 Å². The lowest BCUT2D eigenvalue weighted by Gasteiger charge is -1.85. The van der Waals surface area contributed by atoms with Crippen LogP contribution in [0, 0.1) is 0 Å². The predicted octanol–water partition coefficient (Wildman–Crippen LogP) is 0.509. The molecular weight excluding hydrogens is 144 g/mol. The van der Waals surface area contributed by atoms with Crippen LogP contribution in [0.5, 0.6) is 0 Å². The molecule has 3 nitrogen and oxygen atoms in total. The second-order valence-electron chi connectivity index (χ2n) is 2.36. The minimum atomic E-state index is 0. The van der Waals surface area contributed by atoms with Crippen LogP contribution in [-0.4, -0.2) is 28.9 Å². The largest absolute Gasteiger partial charge is 0.412 e. The van der Waals surface area contributed by atoms with E-state index in [1.165, 1.54) is 5.57 Å². The Morgan fingerprint density at radius 3 is 1.36 bits per heavy atom. The number of aliphatic hydroxyl groups excluding tert-OH is 2. The Morgan fingerprint density at radius 2 is 1.27 bits per heavy atom. The van der Waals surface area contributed by atoms with Gasteiger partial charge in [0.15, 0.2) is 0 Å². The van der Waals surface area contributed by atoms with Gasteiger partial charge in [0.1, 0.15) is 0 Å². The van der Waals surface area contributed by atoms with Crippen LogP contribution in [0.3, 0.4) is 0 Å². The zero-order chi connectivity index (χ0) is 8.41. The van der Waals surface area contributed by atoms with E-state index in [4.69, 9.17) is 10.2 Å². The molecule has 0 amide bonds. The molecule has 0 aliphatic carbocycles. The van der Waals surface area contributed by atoms with Crippen molar-refractivity contribution in [2.24, 2.45) is 0 Å². The summed E-state index contributed by atoms with van der Waals surface area (Å²) in [5.41, 5.74) is 1.17. The van der Waals surface area contributed by atoms with E-state index in [2.05, 4.69) is 6.58 Å². The molecule has 0 aromatic carbocycles. The van der Waals surface area contributed by atoms with E-state index in [1.807, 2.05) is 13.8 Å². The second-order valence-corrected chi connectivity index (χ2v) is 2.36. The molecule has 0 aliphatic rings. The first kappa shape index (κ1) is 16.9. The van der Waals surface area contributed by atoms with Crippen LogP contribution in [0.1, 0.15) is 26.7 Å². The number of hydrogen-bond acceptors (Lipinski definition) is 2. The quantitative estimate of drug-likeness (QED) is 0.471. The van der Waals surface area contributed by atoms with E-state index in [0.717, 1.165) is 12.8 Å². The fraction of sp³-hybridized carbons (Fsp3) is 0.750. The Morgan fingerprint density at radius 1 is 1.09 bits per heavy atom. The molecule has 0 atom stereocenters. The number of hydrogen-bond donors (Lipinski definition) is 2. The second kappa shape index (κ2) is 16.3. The Bertz CT molecular complexity index is 63.7. The number of rotatable bonds is 3. The Kier molecular flexibility index (Phi) is 25.1. The number of unbranched alkanes of at least 4 members (excludes halogenated alkanes) is 1. The molecule has 0 rings (SSSR count). The van der Waals surface area contributed by atoms with Gasteiger partial charge in [-0.15, -0.1) is 6.58 Å². The van der Waals surface area contributed by atoms with E-state index in [0.29, 0.717) is 0 Å². The third-order valence-electron chi connectivity index (χ3n) is 0.566. The van der Waals surface area contributed by atoms with Gasteiger partial charge in [-0.3, -0.25) is 0 Å². The Balaban J connectivity index is -0.000000114. The molecule has 0 aliphatic heterocycles. The molecule has 3 heteroatoms. The molecule has 0 bridgehead atoms. The lowest BCUT2D eigenvalue weighted by Crippen LogP contribution is -1.85. The molecule has 0 spiro atoms. The summed E-state index contributed by atoms with van der Waals surface area (Å²) < 4.78 is 0. The molecular formula is C8H20O3.